The average Bonchev–Trinajstić information content (AvgIpc) is 3.00. The Labute approximate surface area is 245 Å². The maximum absolute atomic E-state index is 13.8. The van der Waals surface area contributed by atoms with Crippen LogP contribution in [0.3, 0.4) is 0 Å². The van der Waals surface area contributed by atoms with Crippen molar-refractivity contribution in [3.63, 3.8) is 0 Å². The second-order valence-electron chi connectivity index (χ2n) is 9.93. The van der Waals surface area contributed by atoms with Gasteiger partial charge in [0, 0.05) is 30.6 Å². The fourth-order valence-electron chi connectivity index (χ4n) is 5.14. The lowest BCUT2D eigenvalue weighted by Gasteiger charge is -2.38. The van der Waals surface area contributed by atoms with Crippen LogP contribution in [0.2, 0.25) is 5.02 Å². The zero-order valence-electron chi connectivity index (χ0n) is 22.7. The van der Waals surface area contributed by atoms with Gasteiger partial charge in [0.2, 0.25) is 15.9 Å². The topological polar surface area (TPSA) is 105 Å². The van der Waals surface area contributed by atoms with Crippen molar-refractivity contribution in [2.45, 2.75) is 37.3 Å². The fourth-order valence-corrected chi connectivity index (χ4v) is 7.00. The van der Waals surface area contributed by atoms with Crippen LogP contribution in [0.15, 0.2) is 77.7 Å². The molecule has 1 fully saturated rings. The third-order valence-corrected chi connectivity index (χ3v) is 9.42. The summed E-state index contributed by atoms with van der Waals surface area (Å²) in [5.74, 6) is -0.176. The molecule has 0 aliphatic carbocycles. The number of rotatable bonds is 8. The van der Waals surface area contributed by atoms with E-state index in [1.807, 2.05) is 36.4 Å². The monoisotopic (exact) mass is 597 g/mol. The first-order valence-corrected chi connectivity index (χ1v) is 15.4. The summed E-state index contributed by atoms with van der Waals surface area (Å²) in [5, 5.41) is 3.20. The number of nitrogens with one attached hydrogen (secondary N) is 1. The number of amides is 2. The van der Waals surface area contributed by atoms with Crippen molar-refractivity contribution >= 4 is 39.1 Å². The molecule has 1 saturated heterocycles. The number of benzene rings is 3. The summed E-state index contributed by atoms with van der Waals surface area (Å²) >= 11 is 6.11. The number of ether oxygens (including phenoxy) is 2. The van der Waals surface area contributed by atoms with E-state index in [1.54, 1.807) is 42.2 Å². The van der Waals surface area contributed by atoms with Crippen molar-refractivity contribution in [3.8, 4) is 11.5 Å². The van der Waals surface area contributed by atoms with Crippen LogP contribution in [0, 0.1) is 5.92 Å². The molecule has 2 aliphatic heterocycles. The molecule has 5 rings (SSSR count). The molecule has 0 radical (unpaired) electrons. The molecule has 3 aromatic rings. The molecule has 0 aromatic heterocycles. The van der Waals surface area contributed by atoms with Crippen LogP contribution in [-0.2, 0) is 26.2 Å². The summed E-state index contributed by atoms with van der Waals surface area (Å²) in [6.45, 7) is 2.85. The number of carbonyl (C=O) groups is 2. The van der Waals surface area contributed by atoms with E-state index in [0.29, 0.717) is 42.5 Å². The normalized spacial score (nSPS) is 17.8. The van der Waals surface area contributed by atoms with Gasteiger partial charge in [-0.15, -0.1) is 0 Å². The quantitative estimate of drug-likeness (QED) is 0.416. The van der Waals surface area contributed by atoms with E-state index in [0.717, 1.165) is 5.56 Å². The maximum atomic E-state index is 13.8. The van der Waals surface area contributed by atoms with Gasteiger partial charge >= 0.3 is 0 Å². The van der Waals surface area contributed by atoms with Gasteiger partial charge in [0.25, 0.3) is 5.91 Å². The molecule has 2 heterocycles. The van der Waals surface area contributed by atoms with E-state index in [2.05, 4.69) is 5.32 Å². The number of sulfonamides is 1. The minimum Gasteiger partial charge on any atom is -0.492 e. The first kappa shape index (κ1) is 28.9. The Balaban J connectivity index is 1.28. The lowest BCUT2D eigenvalue weighted by molar-refractivity contribution is -0.129. The highest BCUT2D eigenvalue weighted by Gasteiger charge is 2.39. The minimum absolute atomic E-state index is 0.0168. The molecule has 0 bridgehead atoms. The molecule has 1 atom stereocenters. The average molecular weight is 598 g/mol. The highest BCUT2D eigenvalue weighted by Crippen LogP contribution is 2.37. The van der Waals surface area contributed by atoms with Crippen molar-refractivity contribution in [2.24, 2.45) is 5.92 Å². The molecule has 216 valence electrons. The number of hydrogen-bond donors (Lipinski definition) is 1. The van der Waals surface area contributed by atoms with Crippen LogP contribution < -0.4 is 19.7 Å². The smallest absolute Gasteiger partial charge is 0.263 e. The highest BCUT2D eigenvalue weighted by atomic mass is 35.5. The van der Waals surface area contributed by atoms with Gasteiger partial charge < -0.3 is 19.7 Å². The molecule has 11 heteroatoms. The Morgan fingerprint density at radius 1 is 1.02 bits per heavy atom. The van der Waals surface area contributed by atoms with Crippen molar-refractivity contribution in [3.05, 3.63) is 83.4 Å². The largest absolute Gasteiger partial charge is 0.492 e. The molecule has 3 aromatic carbocycles. The van der Waals surface area contributed by atoms with Crippen molar-refractivity contribution in [1.82, 2.24) is 9.62 Å². The zero-order chi connectivity index (χ0) is 29.0. The van der Waals surface area contributed by atoms with E-state index < -0.39 is 22.0 Å². The van der Waals surface area contributed by atoms with Gasteiger partial charge in [0.1, 0.15) is 16.4 Å². The van der Waals surface area contributed by atoms with Crippen molar-refractivity contribution < 1.29 is 27.5 Å². The Morgan fingerprint density at radius 2 is 1.73 bits per heavy atom. The van der Waals surface area contributed by atoms with Crippen LogP contribution in [-0.4, -0.2) is 56.9 Å². The summed E-state index contributed by atoms with van der Waals surface area (Å²) in [6, 6.07) is 21.2. The Bertz CT molecular complexity index is 1510. The van der Waals surface area contributed by atoms with Crippen LogP contribution >= 0.6 is 11.6 Å². The molecule has 0 saturated carbocycles. The van der Waals surface area contributed by atoms with Gasteiger partial charge in [-0.2, -0.15) is 4.31 Å². The lowest BCUT2D eigenvalue weighted by Crippen LogP contribution is -2.53. The zero-order valence-corrected chi connectivity index (χ0v) is 24.2. The van der Waals surface area contributed by atoms with E-state index in [4.69, 9.17) is 21.1 Å². The molecule has 9 nitrogen and oxygen atoms in total. The third kappa shape index (κ3) is 6.34. The molecule has 2 amide bonds. The van der Waals surface area contributed by atoms with Crippen LogP contribution in [0.4, 0.5) is 5.69 Å². The number of carbonyl (C=O) groups excluding carboxylic acids is 2. The Hall–Kier alpha value is -3.60. The van der Waals surface area contributed by atoms with Gasteiger partial charge in [-0.3, -0.25) is 9.59 Å². The Morgan fingerprint density at radius 3 is 2.46 bits per heavy atom. The van der Waals surface area contributed by atoms with Gasteiger partial charge in [-0.25, -0.2) is 8.42 Å². The maximum Gasteiger partial charge on any atom is 0.263 e. The predicted octanol–water partition coefficient (Wildman–Crippen LogP) is 4.25. The number of anilines is 1. The lowest BCUT2D eigenvalue weighted by atomic mass is 9.95. The molecule has 0 spiro atoms. The van der Waals surface area contributed by atoms with E-state index in [9.17, 15) is 18.0 Å². The van der Waals surface area contributed by atoms with Crippen molar-refractivity contribution in [1.29, 1.82) is 0 Å². The third-order valence-electron chi connectivity index (χ3n) is 7.27. The summed E-state index contributed by atoms with van der Waals surface area (Å²) in [5.41, 5.74) is 1.55. The van der Waals surface area contributed by atoms with E-state index >= 15 is 0 Å². The predicted molar refractivity (Wildman–Crippen MR) is 156 cm³/mol. The van der Waals surface area contributed by atoms with E-state index in [1.165, 1.54) is 10.4 Å². The standard InChI is InChI=1S/C30H32ClN3O6S/c1-2-39-26-13-12-23(31)18-28(26)41(37,38)33-16-14-22(15-17-33)30(36)34-20-27(40-25-11-7-6-10-24(25)34)29(35)32-19-21-8-4-3-5-9-21/h3-13,18,22,27H,2,14-17,19-20H2,1H3,(H,32,35)/t27-/m0/s1. The Kier molecular flexibility index (Phi) is 8.82. The van der Waals surface area contributed by atoms with Crippen LogP contribution in [0.25, 0.3) is 0 Å². The number of piperidine rings is 1. The second kappa shape index (κ2) is 12.5. The number of hydrogen-bond acceptors (Lipinski definition) is 6. The number of halogens is 1. The number of fused-ring (bicyclic) bond motifs is 1. The van der Waals surface area contributed by atoms with Gasteiger partial charge in [-0.05, 0) is 55.7 Å². The number of nitrogens with zero attached hydrogens (tertiary/aromatic N) is 2. The van der Waals surface area contributed by atoms with Crippen LogP contribution in [0.1, 0.15) is 25.3 Å². The van der Waals surface area contributed by atoms with Crippen LogP contribution in [0.5, 0.6) is 11.5 Å². The first-order valence-electron chi connectivity index (χ1n) is 13.6. The summed E-state index contributed by atoms with van der Waals surface area (Å²) in [4.78, 5) is 28.5. The fraction of sp³-hybridized carbons (Fsp3) is 0.333. The van der Waals surface area contributed by atoms with Gasteiger partial charge in [0.15, 0.2) is 6.10 Å². The summed E-state index contributed by atoms with van der Waals surface area (Å²) in [7, 11) is -3.88. The summed E-state index contributed by atoms with van der Waals surface area (Å²) in [6.07, 6.45) is -0.196. The first-order chi connectivity index (χ1) is 19.8. The summed E-state index contributed by atoms with van der Waals surface area (Å²) < 4.78 is 39.9. The molecule has 41 heavy (non-hydrogen) atoms. The number of para-hydroxylation sites is 2. The van der Waals surface area contributed by atoms with Crippen molar-refractivity contribution in [2.75, 3.05) is 31.1 Å². The molecule has 0 unspecified atom stereocenters. The molecule has 2 aliphatic rings. The van der Waals surface area contributed by atoms with Gasteiger partial charge in [0.05, 0.1) is 18.8 Å². The minimum atomic E-state index is -3.88. The SMILES string of the molecule is CCOc1ccc(Cl)cc1S(=O)(=O)N1CCC(C(=O)N2C[C@@H](C(=O)NCc3ccccc3)Oc3ccccc32)CC1. The highest BCUT2D eigenvalue weighted by molar-refractivity contribution is 7.89. The second-order valence-corrected chi connectivity index (χ2v) is 12.3. The van der Waals surface area contributed by atoms with E-state index in [-0.39, 0.29) is 42.1 Å². The molecular weight excluding hydrogens is 566 g/mol. The molecular formula is C30H32ClN3O6S. The molecule has 1 N–H and O–H groups in total. The van der Waals surface area contributed by atoms with Gasteiger partial charge in [-0.1, -0.05) is 54.1 Å².